The first-order valence-electron chi connectivity index (χ1n) is 6.38. The van der Waals surface area contributed by atoms with Crippen molar-refractivity contribution >= 4 is 11.6 Å². The number of aryl methyl sites for hydroxylation is 1. The molecule has 6 nitrogen and oxygen atoms in total. The van der Waals surface area contributed by atoms with Crippen molar-refractivity contribution in [3.63, 3.8) is 0 Å². The number of amides is 1. The monoisotopic (exact) mass is 275 g/mol. The zero-order chi connectivity index (χ0) is 15.3. The molecule has 0 aliphatic carbocycles. The summed E-state index contributed by atoms with van der Waals surface area (Å²) in [7, 11) is 0. The van der Waals surface area contributed by atoms with Gasteiger partial charge in [0.1, 0.15) is 5.54 Å². The van der Waals surface area contributed by atoms with Crippen LogP contribution in [-0.4, -0.2) is 16.4 Å². The Balaban J connectivity index is 3.05. The van der Waals surface area contributed by atoms with Crippen LogP contribution in [0.3, 0.4) is 0 Å². The molecule has 0 unspecified atom stereocenters. The summed E-state index contributed by atoms with van der Waals surface area (Å²) >= 11 is 0. The number of nitro groups is 1. The van der Waals surface area contributed by atoms with Crippen molar-refractivity contribution in [2.24, 2.45) is 0 Å². The van der Waals surface area contributed by atoms with Gasteiger partial charge < -0.3 is 5.32 Å². The zero-order valence-electron chi connectivity index (χ0n) is 11.8. The molecular weight excluding hydrogens is 258 g/mol. The number of hydrogen-bond donors (Lipinski definition) is 1. The van der Waals surface area contributed by atoms with E-state index in [0.29, 0.717) is 24.0 Å². The van der Waals surface area contributed by atoms with Crippen molar-refractivity contribution in [1.29, 1.82) is 5.26 Å². The van der Waals surface area contributed by atoms with E-state index in [0.717, 1.165) is 0 Å². The fourth-order valence-electron chi connectivity index (χ4n) is 1.91. The lowest BCUT2D eigenvalue weighted by atomic mass is 9.94. The molecule has 0 spiro atoms. The van der Waals surface area contributed by atoms with Gasteiger partial charge in [-0.15, -0.1) is 0 Å². The van der Waals surface area contributed by atoms with E-state index in [-0.39, 0.29) is 11.6 Å². The van der Waals surface area contributed by atoms with Crippen molar-refractivity contribution in [3.8, 4) is 6.07 Å². The van der Waals surface area contributed by atoms with Crippen LogP contribution in [0.4, 0.5) is 5.69 Å². The summed E-state index contributed by atoms with van der Waals surface area (Å²) in [6, 6.07) is 6.17. The molecule has 0 atom stereocenters. The van der Waals surface area contributed by atoms with Crippen LogP contribution < -0.4 is 5.32 Å². The highest BCUT2D eigenvalue weighted by atomic mass is 16.6. The summed E-state index contributed by atoms with van der Waals surface area (Å²) < 4.78 is 0. The van der Waals surface area contributed by atoms with E-state index in [1.54, 1.807) is 6.92 Å². The van der Waals surface area contributed by atoms with Crippen LogP contribution >= 0.6 is 0 Å². The molecule has 1 aromatic carbocycles. The highest BCUT2D eigenvalue weighted by molar-refractivity contribution is 5.96. The Morgan fingerprint density at radius 3 is 2.45 bits per heavy atom. The Labute approximate surface area is 117 Å². The summed E-state index contributed by atoms with van der Waals surface area (Å²) in [4.78, 5) is 22.4. The number of hydrogen-bond acceptors (Lipinski definition) is 4. The second-order valence-corrected chi connectivity index (χ2v) is 4.61. The number of non-ortho nitro benzene ring substituents is 1. The second kappa shape index (κ2) is 6.15. The molecule has 0 aromatic heterocycles. The molecule has 0 saturated carbocycles. The lowest BCUT2D eigenvalue weighted by Gasteiger charge is -2.25. The normalized spacial score (nSPS) is 10.7. The van der Waals surface area contributed by atoms with E-state index >= 15 is 0 Å². The molecule has 0 aliphatic rings. The van der Waals surface area contributed by atoms with Gasteiger partial charge in [-0.25, -0.2) is 0 Å². The zero-order valence-corrected chi connectivity index (χ0v) is 11.8. The van der Waals surface area contributed by atoms with Gasteiger partial charge in [0.15, 0.2) is 0 Å². The van der Waals surface area contributed by atoms with Gasteiger partial charge in [-0.2, -0.15) is 5.26 Å². The SMILES string of the molecule is CCC(C#N)(CC)NC(=O)c1ccc([N+](=O)[O-])cc1C. The number of nitrogens with one attached hydrogen (secondary N) is 1. The van der Waals surface area contributed by atoms with Gasteiger partial charge in [0.05, 0.1) is 11.0 Å². The largest absolute Gasteiger partial charge is 0.334 e. The molecule has 1 N–H and O–H groups in total. The van der Waals surface area contributed by atoms with E-state index < -0.39 is 10.5 Å². The van der Waals surface area contributed by atoms with Crippen molar-refractivity contribution in [3.05, 3.63) is 39.4 Å². The maximum absolute atomic E-state index is 12.2. The lowest BCUT2D eigenvalue weighted by molar-refractivity contribution is -0.384. The highest BCUT2D eigenvalue weighted by Gasteiger charge is 2.28. The smallest absolute Gasteiger partial charge is 0.269 e. The predicted molar refractivity (Wildman–Crippen MR) is 74.2 cm³/mol. The lowest BCUT2D eigenvalue weighted by Crippen LogP contribution is -2.46. The van der Waals surface area contributed by atoms with Gasteiger partial charge in [-0.05, 0) is 31.4 Å². The standard InChI is InChI=1S/C14H17N3O3/c1-4-14(5-2,9-15)16-13(18)12-7-6-11(17(19)20)8-10(12)3/h6-8H,4-5H2,1-3H3,(H,16,18). The maximum Gasteiger partial charge on any atom is 0.269 e. The fraction of sp³-hybridized carbons (Fsp3) is 0.429. The van der Waals surface area contributed by atoms with E-state index in [2.05, 4.69) is 11.4 Å². The summed E-state index contributed by atoms with van der Waals surface area (Å²) in [6.07, 6.45) is 0.996. The van der Waals surface area contributed by atoms with Crippen molar-refractivity contribution in [2.45, 2.75) is 39.2 Å². The molecule has 106 valence electrons. The predicted octanol–water partition coefficient (Wildman–Crippen LogP) is 2.72. The van der Waals surface area contributed by atoms with Crippen LogP contribution in [-0.2, 0) is 0 Å². The van der Waals surface area contributed by atoms with E-state index in [4.69, 9.17) is 0 Å². The maximum atomic E-state index is 12.2. The first-order valence-corrected chi connectivity index (χ1v) is 6.38. The molecular formula is C14H17N3O3. The van der Waals surface area contributed by atoms with Gasteiger partial charge in [-0.1, -0.05) is 13.8 Å². The minimum atomic E-state index is -0.898. The van der Waals surface area contributed by atoms with Gasteiger partial charge in [-0.3, -0.25) is 14.9 Å². The van der Waals surface area contributed by atoms with Gasteiger partial charge in [0, 0.05) is 17.7 Å². The quantitative estimate of drug-likeness (QED) is 0.660. The third-order valence-corrected chi connectivity index (χ3v) is 3.44. The summed E-state index contributed by atoms with van der Waals surface area (Å²) in [5, 5.41) is 22.6. The van der Waals surface area contributed by atoms with E-state index in [1.807, 2.05) is 13.8 Å². The number of nitro benzene ring substituents is 1. The van der Waals surface area contributed by atoms with Crippen molar-refractivity contribution in [2.75, 3.05) is 0 Å². The third kappa shape index (κ3) is 3.12. The van der Waals surface area contributed by atoms with Gasteiger partial charge in [0.25, 0.3) is 11.6 Å². The summed E-state index contributed by atoms with van der Waals surface area (Å²) in [6.45, 7) is 5.29. The molecule has 0 aliphatic heterocycles. The first-order chi connectivity index (χ1) is 9.39. The van der Waals surface area contributed by atoms with Crippen molar-refractivity contribution in [1.82, 2.24) is 5.32 Å². The Hall–Kier alpha value is -2.42. The fourth-order valence-corrected chi connectivity index (χ4v) is 1.91. The number of carbonyl (C=O) groups excluding carboxylic acids is 1. The van der Waals surface area contributed by atoms with Gasteiger partial charge in [0.2, 0.25) is 0 Å². The second-order valence-electron chi connectivity index (χ2n) is 4.61. The average Bonchev–Trinajstić information content (AvgIpc) is 2.44. The number of carbonyl (C=O) groups is 1. The number of nitriles is 1. The highest BCUT2D eigenvalue weighted by Crippen LogP contribution is 2.19. The summed E-state index contributed by atoms with van der Waals surface area (Å²) in [5.74, 6) is -0.386. The van der Waals surface area contributed by atoms with Gasteiger partial charge >= 0.3 is 0 Å². The van der Waals surface area contributed by atoms with E-state index in [1.165, 1.54) is 18.2 Å². The summed E-state index contributed by atoms with van der Waals surface area (Å²) in [5.41, 5.74) is -0.102. The molecule has 0 bridgehead atoms. The Morgan fingerprint density at radius 1 is 1.45 bits per heavy atom. The molecule has 1 aromatic rings. The third-order valence-electron chi connectivity index (χ3n) is 3.44. The first kappa shape index (κ1) is 15.6. The average molecular weight is 275 g/mol. The topological polar surface area (TPSA) is 96.0 Å². The van der Waals surface area contributed by atoms with Crippen LogP contribution in [0.2, 0.25) is 0 Å². The van der Waals surface area contributed by atoms with Crippen molar-refractivity contribution < 1.29 is 9.72 Å². The molecule has 0 radical (unpaired) electrons. The minimum Gasteiger partial charge on any atom is -0.334 e. The van der Waals surface area contributed by atoms with E-state index in [9.17, 15) is 20.2 Å². The Bertz CT molecular complexity index is 572. The molecule has 6 heteroatoms. The number of nitrogens with zero attached hydrogens (tertiary/aromatic N) is 2. The molecule has 20 heavy (non-hydrogen) atoms. The minimum absolute atomic E-state index is 0.0587. The molecule has 0 heterocycles. The molecule has 0 fully saturated rings. The van der Waals surface area contributed by atoms with Crippen LogP contribution in [0.15, 0.2) is 18.2 Å². The van der Waals surface area contributed by atoms with Crippen LogP contribution in [0.25, 0.3) is 0 Å². The Kier molecular flexibility index (Phi) is 4.81. The molecule has 1 rings (SSSR count). The Morgan fingerprint density at radius 2 is 2.05 bits per heavy atom. The number of rotatable bonds is 5. The van der Waals surface area contributed by atoms with Crippen LogP contribution in [0, 0.1) is 28.4 Å². The molecule has 1 amide bonds. The number of benzene rings is 1. The molecule has 0 saturated heterocycles. The van der Waals surface area contributed by atoms with Crippen LogP contribution in [0.5, 0.6) is 0 Å². The van der Waals surface area contributed by atoms with Crippen LogP contribution in [0.1, 0.15) is 42.6 Å².